The van der Waals surface area contributed by atoms with Gasteiger partial charge in [-0.3, -0.25) is 0 Å². The lowest BCUT2D eigenvalue weighted by molar-refractivity contribution is -0.107. The lowest BCUT2D eigenvalue weighted by atomic mass is 9.68. The first-order chi connectivity index (χ1) is 10.0. The summed E-state index contributed by atoms with van der Waals surface area (Å²) < 4.78 is 33.6. The number of rotatable bonds is 2. The first-order valence-electron chi connectivity index (χ1n) is 7.77. The summed E-state index contributed by atoms with van der Waals surface area (Å²) in [4.78, 5) is 5.47. The Morgan fingerprint density at radius 2 is 2.14 bits per heavy atom. The van der Waals surface area contributed by atoms with E-state index in [4.69, 9.17) is 9.57 Å². The summed E-state index contributed by atoms with van der Waals surface area (Å²) in [5.74, 6) is -1.08. The molecule has 1 N–H and O–H groups in total. The molecule has 0 aromatic heterocycles. The number of allylic oxidation sites excluding steroid dienone is 3. The number of hydroxylamine groups is 1. The Hall–Kier alpha value is -0.780. The van der Waals surface area contributed by atoms with Crippen LogP contribution in [0.5, 0.6) is 0 Å². The Morgan fingerprint density at radius 3 is 2.86 bits per heavy atom. The highest BCUT2D eigenvalue weighted by atomic mass is 19.1. The fourth-order valence-corrected chi connectivity index (χ4v) is 4.05. The molecule has 116 valence electrons. The van der Waals surface area contributed by atoms with Crippen molar-refractivity contribution in [1.29, 1.82) is 0 Å². The third-order valence-corrected chi connectivity index (χ3v) is 5.89. The first-order valence-corrected chi connectivity index (χ1v) is 7.77. The van der Waals surface area contributed by atoms with Gasteiger partial charge >= 0.3 is 0 Å². The van der Waals surface area contributed by atoms with Gasteiger partial charge < -0.3 is 9.57 Å². The van der Waals surface area contributed by atoms with E-state index < -0.39 is 23.1 Å². The van der Waals surface area contributed by atoms with Gasteiger partial charge in [-0.2, -0.15) is 5.48 Å². The zero-order chi connectivity index (χ0) is 14.7. The van der Waals surface area contributed by atoms with Gasteiger partial charge in [0.1, 0.15) is 11.7 Å². The van der Waals surface area contributed by atoms with Gasteiger partial charge in [-0.1, -0.05) is 6.92 Å². The van der Waals surface area contributed by atoms with E-state index in [-0.39, 0.29) is 12.0 Å². The largest absolute Gasteiger partial charge is 0.376 e. The van der Waals surface area contributed by atoms with Crippen LogP contribution < -0.4 is 5.48 Å². The van der Waals surface area contributed by atoms with E-state index in [1.165, 1.54) is 18.9 Å². The van der Waals surface area contributed by atoms with Crippen LogP contribution in [0, 0.1) is 17.3 Å². The fraction of sp³-hybridized carbons (Fsp3) is 0.750. The van der Waals surface area contributed by atoms with Crippen molar-refractivity contribution < 1.29 is 18.4 Å². The van der Waals surface area contributed by atoms with Crippen LogP contribution in [0.4, 0.5) is 8.78 Å². The second-order valence-corrected chi connectivity index (χ2v) is 7.25. The number of fused-ring (bicyclic) bond motifs is 1. The molecule has 4 atom stereocenters. The Balaban J connectivity index is 1.58. The lowest BCUT2D eigenvalue weighted by Gasteiger charge is -2.46. The predicted octanol–water partition coefficient (Wildman–Crippen LogP) is 3.19. The van der Waals surface area contributed by atoms with Crippen LogP contribution in [0.1, 0.15) is 32.6 Å². The molecule has 0 aromatic carbocycles. The van der Waals surface area contributed by atoms with Gasteiger partial charge in [0.15, 0.2) is 0 Å². The lowest BCUT2D eigenvalue weighted by Crippen LogP contribution is -2.60. The van der Waals surface area contributed by atoms with E-state index in [1.807, 2.05) is 0 Å². The molecule has 0 aromatic rings. The molecule has 0 bridgehead atoms. The average molecular weight is 297 g/mol. The van der Waals surface area contributed by atoms with E-state index in [0.717, 1.165) is 12.5 Å². The quantitative estimate of drug-likeness (QED) is 0.849. The Kier molecular flexibility index (Phi) is 3.04. The molecule has 3 fully saturated rings. The first kappa shape index (κ1) is 13.9. The summed E-state index contributed by atoms with van der Waals surface area (Å²) in [6.07, 6.45) is 6.34. The monoisotopic (exact) mass is 297 g/mol. The standard InChI is InChI=1S/C16H21F2NO2/c1-15(4-5-15)14-6-10-8-21-19-16(10,9-20-14)12-3-2-11(17)7-13(12)18/h2,7,10,12,14,19H,3-6,8-9H2,1H3. The third kappa shape index (κ3) is 2.09. The number of hydrogen-bond donors (Lipinski definition) is 1. The van der Waals surface area contributed by atoms with Gasteiger partial charge in [0.25, 0.3) is 0 Å². The van der Waals surface area contributed by atoms with Crippen molar-refractivity contribution in [3.05, 3.63) is 23.8 Å². The van der Waals surface area contributed by atoms with Crippen LogP contribution in [0.15, 0.2) is 23.8 Å². The maximum atomic E-state index is 14.3. The maximum absolute atomic E-state index is 14.3. The smallest absolute Gasteiger partial charge is 0.121 e. The van der Waals surface area contributed by atoms with Crippen molar-refractivity contribution in [2.75, 3.05) is 13.2 Å². The maximum Gasteiger partial charge on any atom is 0.121 e. The molecule has 5 heteroatoms. The van der Waals surface area contributed by atoms with Crippen LogP contribution in [0.25, 0.3) is 0 Å². The summed E-state index contributed by atoms with van der Waals surface area (Å²) in [6, 6.07) is 0. The molecule has 0 radical (unpaired) electrons. The summed E-state index contributed by atoms with van der Waals surface area (Å²) in [5, 5.41) is 0. The molecule has 4 unspecified atom stereocenters. The summed E-state index contributed by atoms with van der Waals surface area (Å²) in [6.45, 7) is 3.26. The number of nitrogens with one attached hydrogen (secondary N) is 1. The fourth-order valence-electron chi connectivity index (χ4n) is 4.05. The van der Waals surface area contributed by atoms with Crippen molar-refractivity contribution in [1.82, 2.24) is 5.48 Å². The van der Waals surface area contributed by atoms with Crippen LogP contribution in [-0.2, 0) is 9.57 Å². The second kappa shape index (κ2) is 4.61. The normalized spacial score (nSPS) is 44.8. The number of hydrogen-bond acceptors (Lipinski definition) is 3. The zero-order valence-corrected chi connectivity index (χ0v) is 12.2. The minimum Gasteiger partial charge on any atom is -0.376 e. The molecule has 2 aliphatic heterocycles. The van der Waals surface area contributed by atoms with Crippen LogP contribution in [0.2, 0.25) is 0 Å². The van der Waals surface area contributed by atoms with Crippen molar-refractivity contribution in [3.63, 3.8) is 0 Å². The van der Waals surface area contributed by atoms with Gasteiger partial charge in [-0.05, 0) is 37.2 Å². The summed E-state index contributed by atoms with van der Waals surface area (Å²) in [7, 11) is 0. The van der Waals surface area contributed by atoms with Gasteiger partial charge in [-0.15, -0.1) is 0 Å². The Labute approximate surface area is 123 Å². The molecular weight excluding hydrogens is 276 g/mol. The van der Waals surface area contributed by atoms with Gasteiger partial charge in [0.2, 0.25) is 0 Å². The minimum atomic E-state index is -0.556. The highest BCUT2D eigenvalue weighted by molar-refractivity contribution is 5.26. The van der Waals surface area contributed by atoms with E-state index in [9.17, 15) is 8.78 Å². The van der Waals surface area contributed by atoms with Crippen molar-refractivity contribution in [2.45, 2.75) is 44.2 Å². The van der Waals surface area contributed by atoms with Crippen molar-refractivity contribution in [2.24, 2.45) is 17.3 Å². The predicted molar refractivity (Wildman–Crippen MR) is 73.5 cm³/mol. The molecule has 2 aliphatic carbocycles. The molecular formula is C16H21F2NO2. The van der Waals surface area contributed by atoms with E-state index in [2.05, 4.69) is 12.4 Å². The Morgan fingerprint density at radius 1 is 1.33 bits per heavy atom. The van der Waals surface area contributed by atoms with E-state index >= 15 is 0 Å². The number of halogens is 2. The SMILES string of the molecule is CC1(C2CC3CONC3(C3CC=C(F)C=C3F)CO2)CC1. The molecule has 2 saturated heterocycles. The van der Waals surface area contributed by atoms with Gasteiger partial charge in [-0.25, -0.2) is 8.78 Å². The average Bonchev–Trinajstić information content (AvgIpc) is 3.06. The molecule has 0 spiro atoms. The van der Waals surface area contributed by atoms with E-state index in [0.29, 0.717) is 25.0 Å². The molecule has 21 heavy (non-hydrogen) atoms. The summed E-state index contributed by atoms with van der Waals surface area (Å²) >= 11 is 0. The Bertz CT molecular complexity index is 514. The zero-order valence-electron chi connectivity index (χ0n) is 12.2. The molecule has 2 heterocycles. The minimum absolute atomic E-state index is 0.215. The third-order valence-electron chi connectivity index (χ3n) is 5.89. The van der Waals surface area contributed by atoms with Crippen molar-refractivity contribution in [3.8, 4) is 0 Å². The summed E-state index contributed by atoms with van der Waals surface area (Å²) in [5.41, 5.74) is 2.76. The van der Waals surface area contributed by atoms with Crippen molar-refractivity contribution >= 4 is 0 Å². The molecule has 4 aliphatic rings. The molecule has 4 rings (SSSR count). The van der Waals surface area contributed by atoms with Crippen LogP contribution >= 0.6 is 0 Å². The molecule has 3 nitrogen and oxygen atoms in total. The second-order valence-electron chi connectivity index (χ2n) is 7.25. The van der Waals surface area contributed by atoms with Gasteiger partial charge in [0, 0.05) is 17.9 Å². The highest BCUT2D eigenvalue weighted by Gasteiger charge is 2.58. The topological polar surface area (TPSA) is 30.5 Å². The number of ether oxygens (including phenoxy) is 1. The van der Waals surface area contributed by atoms with Gasteiger partial charge in [0.05, 0.1) is 24.9 Å². The van der Waals surface area contributed by atoms with Crippen LogP contribution in [-0.4, -0.2) is 24.9 Å². The van der Waals surface area contributed by atoms with Crippen LogP contribution in [0.3, 0.4) is 0 Å². The molecule has 0 amide bonds. The van der Waals surface area contributed by atoms with E-state index in [1.54, 1.807) is 0 Å². The molecule has 1 saturated carbocycles. The highest BCUT2D eigenvalue weighted by Crippen LogP contribution is 2.55.